The van der Waals surface area contributed by atoms with E-state index in [1.807, 2.05) is 6.92 Å². The lowest BCUT2D eigenvalue weighted by atomic mass is 10.2. The van der Waals surface area contributed by atoms with Crippen LogP contribution in [-0.4, -0.2) is 26.7 Å². The number of primary sulfonamides is 1. The van der Waals surface area contributed by atoms with E-state index in [0.29, 0.717) is 10.7 Å². The van der Waals surface area contributed by atoms with Crippen molar-refractivity contribution in [3.05, 3.63) is 28.8 Å². The summed E-state index contributed by atoms with van der Waals surface area (Å²) in [5.41, 5.74) is 1.49. The standard InChI is InChI=1S/C11H16ClN3O3S/c1-8-3-4-9(7-10(8)12)15-11(16)14-5-2-6-19(13,17)18/h3-4,7H,2,5-6H2,1H3,(H2,13,17,18)(H2,14,15,16). The quantitative estimate of drug-likeness (QED) is 0.717. The minimum absolute atomic E-state index is 0.163. The van der Waals surface area contributed by atoms with Crippen molar-refractivity contribution in [2.75, 3.05) is 17.6 Å². The monoisotopic (exact) mass is 305 g/mol. The predicted octanol–water partition coefficient (Wildman–Crippen LogP) is 1.45. The van der Waals surface area contributed by atoms with E-state index < -0.39 is 16.1 Å². The largest absolute Gasteiger partial charge is 0.338 e. The molecule has 0 fully saturated rings. The first kappa shape index (κ1) is 15.7. The lowest BCUT2D eigenvalue weighted by molar-refractivity contribution is 0.252. The summed E-state index contributed by atoms with van der Waals surface area (Å²) in [6, 6.07) is 4.74. The Balaban J connectivity index is 2.37. The van der Waals surface area contributed by atoms with Crippen LogP contribution in [0.25, 0.3) is 0 Å². The molecule has 0 bridgehead atoms. The van der Waals surface area contributed by atoms with Gasteiger partial charge in [0, 0.05) is 17.3 Å². The van der Waals surface area contributed by atoms with Gasteiger partial charge in [0.2, 0.25) is 10.0 Å². The Morgan fingerprint density at radius 1 is 1.42 bits per heavy atom. The first-order chi connectivity index (χ1) is 8.78. The number of carbonyl (C=O) groups is 1. The Kier molecular flexibility index (Phi) is 5.59. The van der Waals surface area contributed by atoms with E-state index in [1.54, 1.807) is 18.2 Å². The molecule has 0 unspecified atom stereocenters. The number of halogens is 1. The Labute approximate surface area is 117 Å². The van der Waals surface area contributed by atoms with E-state index in [2.05, 4.69) is 10.6 Å². The lowest BCUT2D eigenvalue weighted by Crippen LogP contribution is -2.31. The molecule has 0 aliphatic carbocycles. The third kappa shape index (κ3) is 6.42. The molecule has 0 atom stereocenters. The van der Waals surface area contributed by atoms with Crippen LogP contribution in [0, 0.1) is 6.92 Å². The molecular formula is C11H16ClN3O3S. The normalized spacial score (nSPS) is 11.1. The second-order valence-corrected chi connectivity index (χ2v) is 6.21. The van der Waals surface area contributed by atoms with Crippen LogP contribution in [0.15, 0.2) is 18.2 Å². The number of urea groups is 1. The molecule has 1 aromatic rings. The van der Waals surface area contributed by atoms with Gasteiger partial charge in [-0.3, -0.25) is 0 Å². The van der Waals surface area contributed by atoms with Crippen molar-refractivity contribution >= 4 is 33.3 Å². The predicted molar refractivity (Wildman–Crippen MR) is 75.8 cm³/mol. The maximum atomic E-state index is 11.5. The van der Waals surface area contributed by atoms with Crippen molar-refractivity contribution in [1.82, 2.24) is 5.32 Å². The minimum atomic E-state index is -3.48. The van der Waals surface area contributed by atoms with Crippen molar-refractivity contribution in [1.29, 1.82) is 0 Å². The van der Waals surface area contributed by atoms with Crippen molar-refractivity contribution in [2.45, 2.75) is 13.3 Å². The van der Waals surface area contributed by atoms with Crippen molar-refractivity contribution in [3.8, 4) is 0 Å². The van der Waals surface area contributed by atoms with Gasteiger partial charge in [-0.2, -0.15) is 0 Å². The van der Waals surface area contributed by atoms with E-state index >= 15 is 0 Å². The number of hydrogen-bond acceptors (Lipinski definition) is 3. The first-order valence-electron chi connectivity index (χ1n) is 5.59. The summed E-state index contributed by atoms with van der Waals surface area (Å²) >= 11 is 5.92. The zero-order valence-corrected chi connectivity index (χ0v) is 12.0. The summed E-state index contributed by atoms with van der Waals surface area (Å²) in [5.74, 6) is -0.163. The van der Waals surface area contributed by atoms with Gasteiger partial charge in [0.15, 0.2) is 0 Å². The molecule has 8 heteroatoms. The molecule has 0 aliphatic heterocycles. The Morgan fingerprint density at radius 2 is 2.11 bits per heavy atom. The highest BCUT2D eigenvalue weighted by molar-refractivity contribution is 7.89. The highest BCUT2D eigenvalue weighted by atomic mass is 35.5. The maximum Gasteiger partial charge on any atom is 0.319 e. The molecule has 0 aromatic heterocycles. The smallest absolute Gasteiger partial charge is 0.319 e. The number of anilines is 1. The van der Waals surface area contributed by atoms with Gasteiger partial charge in [0.05, 0.1) is 5.75 Å². The number of carbonyl (C=O) groups excluding carboxylic acids is 1. The molecule has 0 aliphatic rings. The molecule has 19 heavy (non-hydrogen) atoms. The van der Waals surface area contributed by atoms with E-state index in [4.69, 9.17) is 16.7 Å². The summed E-state index contributed by atoms with van der Waals surface area (Å²) in [6.07, 6.45) is 0.265. The van der Waals surface area contributed by atoms with Crippen molar-refractivity contribution in [3.63, 3.8) is 0 Å². The molecule has 106 valence electrons. The summed E-state index contributed by atoms with van der Waals surface area (Å²) in [6.45, 7) is 2.08. The third-order valence-corrected chi connectivity index (χ3v) is 3.59. The van der Waals surface area contributed by atoms with Gasteiger partial charge in [-0.05, 0) is 31.0 Å². The molecule has 0 saturated heterocycles. The summed E-state index contributed by atoms with van der Waals surface area (Å²) < 4.78 is 21.3. The SMILES string of the molecule is Cc1ccc(NC(=O)NCCCS(N)(=O)=O)cc1Cl. The second-order valence-electron chi connectivity index (χ2n) is 4.07. The van der Waals surface area contributed by atoms with Crippen LogP contribution < -0.4 is 15.8 Å². The number of hydrogen-bond donors (Lipinski definition) is 3. The van der Waals surface area contributed by atoms with Crippen LogP contribution in [0.4, 0.5) is 10.5 Å². The average Bonchev–Trinajstić information content (AvgIpc) is 2.28. The topological polar surface area (TPSA) is 101 Å². The number of sulfonamides is 1. The average molecular weight is 306 g/mol. The van der Waals surface area contributed by atoms with Crippen LogP contribution in [0.2, 0.25) is 5.02 Å². The van der Waals surface area contributed by atoms with Crippen LogP contribution >= 0.6 is 11.6 Å². The van der Waals surface area contributed by atoms with Crippen LogP contribution in [0.5, 0.6) is 0 Å². The summed E-state index contributed by atoms with van der Waals surface area (Å²) in [5, 5.41) is 10.5. The molecule has 2 amide bonds. The third-order valence-electron chi connectivity index (χ3n) is 2.32. The number of benzene rings is 1. The Bertz CT molecular complexity index is 560. The number of amides is 2. The fourth-order valence-electron chi connectivity index (χ4n) is 1.32. The van der Waals surface area contributed by atoms with Gasteiger partial charge >= 0.3 is 6.03 Å². The van der Waals surface area contributed by atoms with E-state index in [1.165, 1.54) is 0 Å². The fraction of sp³-hybridized carbons (Fsp3) is 0.364. The van der Waals surface area contributed by atoms with Crippen LogP contribution in [0.3, 0.4) is 0 Å². The van der Waals surface area contributed by atoms with Crippen molar-refractivity contribution < 1.29 is 13.2 Å². The number of nitrogens with one attached hydrogen (secondary N) is 2. The zero-order chi connectivity index (χ0) is 14.5. The van der Waals surface area contributed by atoms with E-state index in [9.17, 15) is 13.2 Å². The lowest BCUT2D eigenvalue weighted by Gasteiger charge is -2.08. The molecule has 0 radical (unpaired) electrons. The van der Waals surface area contributed by atoms with Crippen LogP contribution in [-0.2, 0) is 10.0 Å². The Morgan fingerprint density at radius 3 is 2.68 bits per heavy atom. The highest BCUT2D eigenvalue weighted by Crippen LogP contribution is 2.19. The van der Waals surface area contributed by atoms with Gasteiger partial charge in [-0.1, -0.05) is 17.7 Å². The molecule has 0 saturated carbocycles. The molecule has 4 N–H and O–H groups in total. The molecule has 0 spiro atoms. The van der Waals surface area contributed by atoms with Gasteiger partial charge in [0.1, 0.15) is 0 Å². The minimum Gasteiger partial charge on any atom is -0.338 e. The summed E-state index contributed by atoms with van der Waals surface area (Å²) in [7, 11) is -3.48. The molecule has 1 rings (SSSR count). The highest BCUT2D eigenvalue weighted by Gasteiger charge is 2.05. The summed E-state index contributed by atoms with van der Waals surface area (Å²) in [4.78, 5) is 11.5. The molecular weight excluding hydrogens is 290 g/mol. The number of aryl methyl sites for hydroxylation is 1. The molecule has 1 aromatic carbocycles. The van der Waals surface area contributed by atoms with Crippen LogP contribution in [0.1, 0.15) is 12.0 Å². The first-order valence-corrected chi connectivity index (χ1v) is 7.69. The second kappa shape index (κ2) is 6.74. The van der Waals surface area contributed by atoms with Crippen molar-refractivity contribution in [2.24, 2.45) is 5.14 Å². The van der Waals surface area contributed by atoms with Gasteiger partial charge < -0.3 is 10.6 Å². The van der Waals surface area contributed by atoms with Gasteiger partial charge in [-0.25, -0.2) is 18.4 Å². The maximum absolute atomic E-state index is 11.5. The van der Waals surface area contributed by atoms with Gasteiger partial charge in [0.25, 0.3) is 0 Å². The van der Waals surface area contributed by atoms with E-state index in [-0.39, 0.29) is 18.7 Å². The zero-order valence-electron chi connectivity index (χ0n) is 10.4. The molecule has 6 nitrogen and oxygen atoms in total. The molecule has 0 heterocycles. The van der Waals surface area contributed by atoms with E-state index in [0.717, 1.165) is 5.56 Å². The van der Waals surface area contributed by atoms with Gasteiger partial charge in [-0.15, -0.1) is 0 Å². The Hall–Kier alpha value is -1.31. The fourth-order valence-corrected chi connectivity index (χ4v) is 2.05. The number of nitrogens with two attached hydrogens (primary N) is 1. The number of rotatable bonds is 5.